The van der Waals surface area contributed by atoms with Crippen LogP contribution in [-0.4, -0.2) is 33.4 Å². The number of nitrogens with zero attached hydrogens (tertiary/aromatic N) is 2. The van der Waals surface area contributed by atoms with Gasteiger partial charge in [-0.1, -0.05) is 0 Å². The molecule has 19 heavy (non-hydrogen) atoms. The van der Waals surface area contributed by atoms with Crippen molar-refractivity contribution in [2.24, 2.45) is 0 Å². The topological polar surface area (TPSA) is 111 Å². The van der Waals surface area contributed by atoms with Gasteiger partial charge < -0.3 is 11.1 Å². The Morgan fingerprint density at radius 1 is 1.63 bits per heavy atom. The number of rotatable bonds is 5. The van der Waals surface area contributed by atoms with E-state index in [1.54, 1.807) is 11.8 Å². The molecule has 0 fully saturated rings. The van der Waals surface area contributed by atoms with Gasteiger partial charge in [0.2, 0.25) is 0 Å². The van der Waals surface area contributed by atoms with Gasteiger partial charge in [0.05, 0.1) is 4.92 Å². The second-order valence-electron chi connectivity index (χ2n) is 4.53. The maximum Gasteiger partial charge on any atom is 0.300 e. The summed E-state index contributed by atoms with van der Waals surface area (Å²) in [5.41, 5.74) is 5.03. The normalized spacial score (nSPS) is 11.1. The summed E-state index contributed by atoms with van der Waals surface area (Å²) in [5.74, 6) is -0.456. The first-order valence-corrected chi connectivity index (χ1v) is 6.72. The Kier molecular flexibility index (Phi) is 4.71. The molecule has 0 saturated heterocycles. The van der Waals surface area contributed by atoms with E-state index in [2.05, 4.69) is 10.3 Å². The number of thioether (sulfide) groups is 1. The highest BCUT2D eigenvalue weighted by molar-refractivity contribution is 7.99. The van der Waals surface area contributed by atoms with Crippen LogP contribution in [0.1, 0.15) is 24.2 Å². The summed E-state index contributed by atoms with van der Waals surface area (Å²) in [7, 11) is 0. The van der Waals surface area contributed by atoms with Crippen LogP contribution in [-0.2, 0) is 0 Å². The van der Waals surface area contributed by atoms with Crippen LogP contribution in [0.5, 0.6) is 0 Å². The number of carbonyl (C=O) groups excluding carboxylic acids is 1. The highest BCUT2D eigenvalue weighted by atomic mass is 32.2. The van der Waals surface area contributed by atoms with Gasteiger partial charge >= 0.3 is 0 Å². The summed E-state index contributed by atoms with van der Waals surface area (Å²) in [6, 6.07) is 1.21. The lowest BCUT2D eigenvalue weighted by molar-refractivity contribution is -0.385. The van der Waals surface area contributed by atoms with Gasteiger partial charge in [-0.2, -0.15) is 11.8 Å². The van der Waals surface area contributed by atoms with E-state index in [4.69, 9.17) is 5.73 Å². The molecule has 0 aromatic carbocycles. The standard InChI is InChI=1S/C11H16N4O3S/c1-11(2,19-3)6-14-10(16)7-4-9(12)13-5-8(7)15(17)18/h4-5H,6H2,1-3H3,(H2,12,13)(H,14,16). The number of amides is 1. The van der Waals surface area contributed by atoms with Gasteiger partial charge in [0.1, 0.15) is 17.6 Å². The maximum atomic E-state index is 12.0. The zero-order valence-corrected chi connectivity index (χ0v) is 11.8. The summed E-state index contributed by atoms with van der Waals surface area (Å²) in [6.45, 7) is 4.33. The first kappa shape index (κ1) is 15.2. The largest absolute Gasteiger partial charge is 0.384 e. The summed E-state index contributed by atoms with van der Waals surface area (Å²) in [5, 5.41) is 13.5. The van der Waals surface area contributed by atoms with Crippen LogP contribution in [0, 0.1) is 10.1 Å². The molecule has 0 radical (unpaired) electrons. The first-order valence-electron chi connectivity index (χ1n) is 5.50. The van der Waals surface area contributed by atoms with Crippen molar-refractivity contribution in [1.29, 1.82) is 0 Å². The number of carbonyl (C=O) groups is 1. The summed E-state index contributed by atoms with van der Waals surface area (Å²) in [6.07, 6.45) is 2.92. The number of hydrogen-bond donors (Lipinski definition) is 2. The van der Waals surface area contributed by atoms with Crippen molar-refractivity contribution in [3.8, 4) is 0 Å². The van der Waals surface area contributed by atoms with E-state index in [0.29, 0.717) is 6.54 Å². The number of aromatic nitrogens is 1. The molecule has 0 saturated carbocycles. The van der Waals surface area contributed by atoms with E-state index in [-0.39, 0.29) is 21.8 Å². The lowest BCUT2D eigenvalue weighted by Crippen LogP contribution is -2.36. The van der Waals surface area contributed by atoms with Crippen molar-refractivity contribution >= 4 is 29.2 Å². The lowest BCUT2D eigenvalue weighted by atomic mass is 10.1. The minimum absolute atomic E-state index is 0.0693. The first-order chi connectivity index (χ1) is 8.76. The Morgan fingerprint density at radius 3 is 2.79 bits per heavy atom. The fourth-order valence-corrected chi connectivity index (χ4v) is 1.47. The predicted molar refractivity (Wildman–Crippen MR) is 75.2 cm³/mol. The molecule has 0 aliphatic rings. The number of nitrogens with two attached hydrogens (primary N) is 1. The van der Waals surface area contributed by atoms with Crippen LogP contribution in [0.3, 0.4) is 0 Å². The fourth-order valence-electron chi connectivity index (χ4n) is 1.25. The van der Waals surface area contributed by atoms with E-state index >= 15 is 0 Å². The molecular weight excluding hydrogens is 268 g/mol. The average molecular weight is 284 g/mol. The van der Waals surface area contributed by atoms with Crippen LogP contribution in [0.2, 0.25) is 0 Å². The van der Waals surface area contributed by atoms with Crippen LogP contribution >= 0.6 is 11.8 Å². The summed E-state index contributed by atoms with van der Waals surface area (Å²) in [4.78, 5) is 25.8. The molecule has 3 N–H and O–H groups in total. The molecule has 1 aromatic heterocycles. The van der Waals surface area contributed by atoms with Gasteiger partial charge in [0.25, 0.3) is 11.6 Å². The Hall–Kier alpha value is -1.83. The van der Waals surface area contributed by atoms with Gasteiger partial charge in [0, 0.05) is 11.3 Å². The molecule has 0 atom stereocenters. The third kappa shape index (κ3) is 4.09. The van der Waals surface area contributed by atoms with Crippen LogP contribution in [0.4, 0.5) is 11.5 Å². The van der Waals surface area contributed by atoms with E-state index in [1.165, 1.54) is 6.07 Å². The Bertz CT molecular complexity index is 505. The number of nitrogen functional groups attached to an aromatic ring is 1. The molecule has 0 aliphatic carbocycles. The molecule has 8 heteroatoms. The smallest absolute Gasteiger partial charge is 0.300 e. The number of pyridine rings is 1. The van der Waals surface area contributed by atoms with Gasteiger partial charge in [-0.05, 0) is 26.2 Å². The van der Waals surface area contributed by atoms with Crippen molar-refractivity contribution < 1.29 is 9.72 Å². The molecule has 0 aliphatic heterocycles. The zero-order valence-electron chi connectivity index (χ0n) is 11.0. The van der Waals surface area contributed by atoms with Crippen LogP contribution in [0.25, 0.3) is 0 Å². The fraction of sp³-hybridized carbons (Fsp3) is 0.455. The van der Waals surface area contributed by atoms with E-state index in [9.17, 15) is 14.9 Å². The van der Waals surface area contributed by atoms with Gasteiger partial charge in [0.15, 0.2) is 0 Å². The molecule has 0 unspecified atom stereocenters. The second kappa shape index (κ2) is 5.87. The highest BCUT2D eigenvalue weighted by Gasteiger charge is 2.23. The third-order valence-electron chi connectivity index (χ3n) is 2.57. The van der Waals surface area contributed by atoms with Crippen molar-refractivity contribution in [1.82, 2.24) is 10.3 Å². The van der Waals surface area contributed by atoms with Crippen molar-refractivity contribution in [3.05, 3.63) is 27.9 Å². The van der Waals surface area contributed by atoms with Gasteiger partial charge in [-0.3, -0.25) is 14.9 Å². The quantitative estimate of drug-likeness (QED) is 0.625. The third-order valence-corrected chi connectivity index (χ3v) is 3.82. The van der Waals surface area contributed by atoms with E-state index in [1.807, 2.05) is 20.1 Å². The second-order valence-corrected chi connectivity index (χ2v) is 6.04. The van der Waals surface area contributed by atoms with Crippen LogP contribution < -0.4 is 11.1 Å². The molecule has 7 nitrogen and oxygen atoms in total. The molecule has 104 valence electrons. The minimum Gasteiger partial charge on any atom is -0.384 e. The Morgan fingerprint density at radius 2 is 2.26 bits per heavy atom. The molecule has 1 heterocycles. The van der Waals surface area contributed by atoms with E-state index < -0.39 is 10.8 Å². The Balaban J connectivity index is 2.93. The Labute approximate surface area is 115 Å². The summed E-state index contributed by atoms with van der Waals surface area (Å²) < 4.78 is -0.150. The SMILES string of the molecule is CSC(C)(C)CNC(=O)c1cc(N)ncc1[N+](=O)[O-]. The highest BCUT2D eigenvalue weighted by Crippen LogP contribution is 2.21. The maximum absolute atomic E-state index is 12.0. The molecule has 0 spiro atoms. The number of nitrogens with one attached hydrogen (secondary N) is 1. The number of hydrogen-bond acceptors (Lipinski definition) is 6. The molecule has 1 aromatic rings. The summed E-state index contributed by atoms with van der Waals surface area (Å²) >= 11 is 1.59. The monoisotopic (exact) mass is 284 g/mol. The van der Waals surface area contributed by atoms with Crippen molar-refractivity contribution in [2.75, 3.05) is 18.5 Å². The lowest BCUT2D eigenvalue weighted by Gasteiger charge is -2.22. The van der Waals surface area contributed by atoms with Crippen LogP contribution in [0.15, 0.2) is 12.3 Å². The van der Waals surface area contributed by atoms with E-state index in [0.717, 1.165) is 6.20 Å². The average Bonchev–Trinajstić information content (AvgIpc) is 2.35. The molecular formula is C11H16N4O3S. The predicted octanol–water partition coefficient (Wildman–Crippen LogP) is 1.44. The molecule has 1 amide bonds. The van der Waals surface area contributed by atoms with Gasteiger partial charge in [-0.25, -0.2) is 4.98 Å². The van der Waals surface area contributed by atoms with Crippen molar-refractivity contribution in [3.63, 3.8) is 0 Å². The zero-order chi connectivity index (χ0) is 14.6. The number of nitro groups is 1. The van der Waals surface area contributed by atoms with Gasteiger partial charge in [-0.15, -0.1) is 0 Å². The minimum atomic E-state index is -0.652. The molecule has 1 rings (SSSR count). The van der Waals surface area contributed by atoms with Crippen molar-refractivity contribution in [2.45, 2.75) is 18.6 Å². The molecule has 0 bridgehead atoms. The number of anilines is 1.